The molecule has 0 aromatic carbocycles. The molecule has 0 saturated heterocycles. The summed E-state index contributed by atoms with van der Waals surface area (Å²) in [6.07, 6.45) is 2.18. The average molecular weight is 322 g/mol. The van der Waals surface area contributed by atoms with Crippen molar-refractivity contribution in [3.8, 4) is 11.3 Å². The van der Waals surface area contributed by atoms with Crippen LogP contribution in [0.4, 0.5) is 5.82 Å². The monoisotopic (exact) mass is 322 g/mol. The summed E-state index contributed by atoms with van der Waals surface area (Å²) < 4.78 is 2.26. The number of rotatable bonds is 4. The van der Waals surface area contributed by atoms with Crippen LogP contribution in [0.1, 0.15) is 43.5 Å². The maximum Gasteiger partial charge on any atom is 0.135 e. The van der Waals surface area contributed by atoms with Crippen LogP contribution in [0.3, 0.4) is 0 Å². The molecule has 0 fully saturated rings. The third-order valence-corrected chi connectivity index (χ3v) is 4.57. The molecular formula is C20H26N4. The molecule has 1 N–H and O–H groups in total. The lowest BCUT2D eigenvalue weighted by molar-refractivity contribution is 0.795. The van der Waals surface area contributed by atoms with Crippen LogP contribution in [0.15, 0.2) is 24.4 Å². The van der Waals surface area contributed by atoms with Crippen molar-refractivity contribution in [2.45, 2.75) is 47.1 Å². The van der Waals surface area contributed by atoms with E-state index >= 15 is 0 Å². The minimum atomic E-state index is 0.406. The number of hydrogen-bond acceptors (Lipinski definition) is 3. The highest BCUT2D eigenvalue weighted by atomic mass is 15.0. The quantitative estimate of drug-likeness (QED) is 0.743. The van der Waals surface area contributed by atoms with Gasteiger partial charge in [0.25, 0.3) is 0 Å². The van der Waals surface area contributed by atoms with Gasteiger partial charge in [-0.2, -0.15) is 0 Å². The Morgan fingerprint density at radius 1 is 1.12 bits per heavy atom. The molecule has 0 spiro atoms. The van der Waals surface area contributed by atoms with E-state index in [2.05, 4.69) is 68.9 Å². The minimum Gasteiger partial charge on any atom is -0.373 e. The van der Waals surface area contributed by atoms with Crippen molar-refractivity contribution in [3.05, 3.63) is 41.2 Å². The van der Waals surface area contributed by atoms with Crippen LogP contribution in [0.25, 0.3) is 22.3 Å². The highest BCUT2D eigenvalue weighted by molar-refractivity contribution is 5.86. The van der Waals surface area contributed by atoms with Gasteiger partial charge in [-0.1, -0.05) is 13.8 Å². The van der Waals surface area contributed by atoms with Crippen molar-refractivity contribution >= 4 is 16.9 Å². The molecular weight excluding hydrogens is 296 g/mol. The molecule has 0 unspecified atom stereocenters. The summed E-state index contributed by atoms with van der Waals surface area (Å²) in [6.45, 7) is 11.7. The lowest BCUT2D eigenvalue weighted by Crippen LogP contribution is -2.02. The summed E-state index contributed by atoms with van der Waals surface area (Å²) in [6, 6.07) is 6.49. The van der Waals surface area contributed by atoms with Crippen molar-refractivity contribution in [1.29, 1.82) is 0 Å². The Bertz CT molecular complexity index is 890. The SMILES string of the molecule is CCn1cc(C)c2nc(-c3ccc(C(C)C)nc3NC)c(C)cc21. The van der Waals surface area contributed by atoms with Crippen molar-refractivity contribution in [2.24, 2.45) is 0 Å². The number of nitrogens with one attached hydrogen (secondary N) is 1. The van der Waals surface area contributed by atoms with Crippen molar-refractivity contribution in [3.63, 3.8) is 0 Å². The summed E-state index contributed by atoms with van der Waals surface area (Å²) in [5, 5.41) is 3.24. The van der Waals surface area contributed by atoms with E-state index in [4.69, 9.17) is 9.97 Å². The number of aromatic nitrogens is 3. The van der Waals surface area contributed by atoms with Gasteiger partial charge < -0.3 is 9.88 Å². The van der Waals surface area contributed by atoms with E-state index in [9.17, 15) is 0 Å². The Balaban J connectivity index is 2.22. The predicted molar refractivity (Wildman–Crippen MR) is 102 cm³/mol. The van der Waals surface area contributed by atoms with E-state index < -0.39 is 0 Å². The van der Waals surface area contributed by atoms with Crippen LogP contribution in [0, 0.1) is 13.8 Å². The molecule has 3 heterocycles. The number of aryl methyl sites for hydroxylation is 3. The molecule has 0 aliphatic carbocycles. The van der Waals surface area contributed by atoms with Crippen molar-refractivity contribution < 1.29 is 0 Å². The molecule has 3 aromatic rings. The molecule has 126 valence electrons. The average Bonchev–Trinajstić information content (AvgIpc) is 2.88. The van der Waals surface area contributed by atoms with Crippen LogP contribution in [-0.2, 0) is 6.54 Å². The van der Waals surface area contributed by atoms with Crippen molar-refractivity contribution in [2.75, 3.05) is 12.4 Å². The summed E-state index contributed by atoms with van der Waals surface area (Å²) in [4.78, 5) is 9.77. The fourth-order valence-corrected chi connectivity index (χ4v) is 3.18. The van der Waals surface area contributed by atoms with E-state index in [0.29, 0.717) is 5.92 Å². The van der Waals surface area contributed by atoms with Gasteiger partial charge in [-0.3, -0.25) is 0 Å². The Hall–Kier alpha value is -2.36. The van der Waals surface area contributed by atoms with Crippen LogP contribution in [-0.4, -0.2) is 21.6 Å². The smallest absolute Gasteiger partial charge is 0.135 e. The van der Waals surface area contributed by atoms with E-state index in [1.165, 1.54) is 16.6 Å². The maximum absolute atomic E-state index is 5.00. The molecule has 0 aliphatic rings. The molecule has 24 heavy (non-hydrogen) atoms. The highest BCUT2D eigenvalue weighted by Gasteiger charge is 2.15. The second-order valence-corrected chi connectivity index (χ2v) is 6.66. The van der Waals surface area contributed by atoms with Gasteiger partial charge in [-0.05, 0) is 56.0 Å². The number of nitrogens with zero attached hydrogens (tertiary/aromatic N) is 3. The minimum absolute atomic E-state index is 0.406. The molecule has 4 nitrogen and oxygen atoms in total. The van der Waals surface area contributed by atoms with E-state index in [-0.39, 0.29) is 0 Å². The zero-order valence-corrected chi connectivity index (χ0v) is 15.4. The zero-order valence-electron chi connectivity index (χ0n) is 15.4. The van der Waals surface area contributed by atoms with E-state index in [1.807, 2.05) is 7.05 Å². The molecule has 3 aromatic heterocycles. The fraction of sp³-hybridized carbons (Fsp3) is 0.400. The van der Waals surface area contributed by atoms with Gasteiger partial charge in [-0.25, -0.2) is 9.97 Å². The van der Waals surface area contributed by atoms with Gasteiger partial charge in [0.05, 0.1) is 16.7 Å². The molecule has 0 radical (unpaired) electrons. The molecule has 0 atom stereocenters. The van der Waals surface area contributed by atoms with Gasteiger partial charge in [0.2, 0.25) is 0 Å². The predicted octanol–water partition coefficient (Wildman–Crippen LogP) is 4.90. The second kappa shape index (κ2) is 6.27. The Kier molecular flexibility index (Phi) is 4.31. The number of pyridine rings is 2. The van der Waals surface area contributed by atoms with E-state index in [0.717, 1.165) is 34.8 Å². The Labute approximate surface area is 143 Å². The Morgan fingerprint density at radius 3 is 2.50 bits per heavy atom. The van der Waals surface area contributed by atoms with Gasteiger partial charge in [0, 0.05) is 31.0 Å². The first-order valence-electron chi connectivity index (χ1n) is 8.62. The summed E-state index contributed by atoms with van der Waals surface area (Å²) >= 11 is 0. The lowest BCUT2D eigenvalue weighted by atomic mass is 10.0. The summed E-state index contributed by atoms with van der Waals surface area (Å²) in [7, 11) is 1.92. The first kappa shape index (κ1) is 16.5. The first-order chi connectivity index (χ1) is 11.5. The third-order valence-electron chi connectivity index (χ3n) is 4.57. The second-order valence-electron chi connectivity index (χ2n) is 6.66. The highest BCUT2D eigenvalue weighted by Crippen LogP contribution is 2.32. The van der Waals surface area contributed by atoms with Crippen LogP contribution >= 0.6 is 0 Å². The number of hydrogen-bond donors (Lipinski definition) is 1. The number of anilines is 1. The molecule has 0 bridgehead atoms. The normalized spacial score (nSPS) is 11.5. The summed E-state index contributed by atoms with van der Waals surface area (Å²) in [5.41, 5.74) is 7.82. The molecule has 0 amide bonds. The molecule has 3 rings (SSSR count). The zero-order chi connectivity index (χ0) is 17.4. The first-order valence-corrected chi connectivity index (χ1v) is 8.62. The number of fused-ring (bicyclic) bond motifs is 1. The van der Waals surface area contributed by atoms with Crippen LogP contribution in [0.5, 0.6) is 0 Å². The topological polar surface area (TPSA) is 42.7 Å². The largest absolute Gasteiger partial charge is 0.373 e. The van der Waals surface area contributed by atoms with Crippen LogP contribution in [0.2, 0.25) is 0 Å². The molecule has 0 saturated carbocycles. The molecule has 4 heteroatoms. The standard InChI is InChI=1S/C20H26N4/c1-7-24-11-14(5)19-17(24)10-13(4)18(23-19)15-8-9-16(12(2)3)22-20(15)21-6/h8-12H,7H2,1-6H3,(H,21,22). The fourth-order valence-electron chi connectivity index (χ4n) is 3.18. The lowest BCUT2D eigenvalue weighted by Gasteiger charge is -2.14. The van der Waals surface area contributed by atoms with Gasteiger partial charge in [-0.15, -0.1) is 0 Å². The van der Waals surface area contributed by atoms with E-state index in [1.54, 1.807) is 0 Å². The summed E-state index contributed by atoms with van der Waals surface area (Å²) in [5.74, 6) is 1.30. The molecule has 0 aliphatic heterocycles. The maximum atomic E-state index is 5.00. The van der Waals surface area contributed by atoms with Gasteiger partial charge in [0.15, 0.2) is 0 Å². The van der Waals surface area contributed by atoms with Crippen LogP contribution < -0.4 is 5.32 Å². The van der Waals surface area contributed by atoms with Crippen molar-refractivity contribution in [1.82, 2.24) is 14.5 Å². The third kappa shape index (κ3) is 2.66. The Morgan fingerprint density at radius 2 is 1.88 bits per heavy atom. The van der Waals surface area contributed by atoms with Gasteiger partial charge in [0.1, 0.15) is 5.82 Å². The van der Waals surface area contributed by atoms with Gasteiger partial charge >= 0.3 is 0 Å².